The number of hydrogen-bond acceptors (Lipinski definition) is 6. The van der Waals surface area contributed by atoms with Gasteiger partial charge in [-0.15, -0.1) is 0 Å². The van der Waals surface area contributed by atoms with Crippen LogP contribution in [0, 0.1) is 12.8 Å². The molecule has 0 radical (unpaired) electrons. The quantitative estimate of drug-likeness (QED) is 0.365. The van der Waals surface area contributed by atoms with Crippen LogP contribution in [-0.2, 0) is 22.6 Å². The molecule has 1 aromatic rings. The van der Waals surface area contributed by atoms with E-state index in [0.29, 0.717) is 16.8 Å². The van der Waals surface area contributed by atoms with Crippen LogP contribution < -0.4 is 5.26 Å². The Bertz CT molecular complexity index is 699. The normalized spacial score (nSPS) is 19.6. The van der Waals surface area contributed by atoms with Gasteiger partial charge in [-0.05, 0) is 13.3 Å². The van der Waals surface area contributed by atoms with E-state index in [4.69, 9.17) is 5.26 Å². The molecule has 9 heteroatoms. The third-order valence-electron chi connectivity index (χ3n) is 3.82. The molecule has 0 amide bonds. The summed E-state index contributed by atoms with van der Waals surface area (Å²) < 4.78 is 29.7. The maximum Gasteiger partial charge on any atom is 0.322 e. The summed E-state index contributed by atoms with van der Waals surface area (Å²) in [5.74, 6) is -0.602. The van der Waals surface area contributed by atoms with Gasteiger partial charge in [-0.1, -0.05) is 0 Å². The number of rotatable bonds is 5. The summed E-state index contributed by atoms with van der Waals surface area (Å²) in [4.78, 5) is 12.2. The molecule has 1 aliphatic carbocycles. The van der Waals surface area contributed by atoms with E-state index in [-0.39, 0.29) is 43.0 Å². The summed E-state index contributed by atoms with van der Waals surface area (Å²) in [5.41, 5.74) is 0.989. The molecule has 0 aliphatic heterocycles. The highest BCUT2D eigenvalue weighted by Crippen LogP contribution is 2.32. The van der Waals surface area contributed by atoms with Gasteiger partial charge in [0.05, 0.1) is 18.2 Å². The number of aliphatic imine (C=N–C) groups is 1. The van der Waals surface area contributed by atoms with Gasteiger partial charge in [0.15, 0.2) is 0 Å². The number of hydrogen-bond donors (Lipinski definition) is 2. The van der Waals surface area contributed by atoms with Gasteiger partial charge in [-0.2, -0.15) is 13.4 Å². The molecule has 24 heavy (non-hydrogen) atoms. The Kier molecular flexibility index (Phi) is 5.93. The largest absolute Gasteiger partial charge is 0.506 e. The van der Waals surface area contributed by atoms with Crippen molar-refractivity contribution in [2.45, 2.75) is 32.9 Å². The van der Waals surface area contributed by atoms with Crippen molar-refractivity contribution in [3.05, 3.63) is 34.7 Å². The first-order valence-corrected chi connectivity index (χ1v) is 7.10. The van der Waals surface area contributed by atoms with Crippen LogP contribution in [0.5, 0.6) is 5.75 Å². The van der Waals surface area contributed by atoms with E-state index in [1.165, 1.54) is 6.20 Å². The Morgan fingerprint density at radius 1 is 1.54 bits per heavy atom. The average Bonchev–Trinajstić information content (AvgIpc) is 2.94. The van der Waals surface area contributed by atoms with E-state index in [9.17, 15) is 19.1 Å². The zero-order chi connectivity index (χ0) is 17.7. The smallest absolute Gasteiger partial charge is 0.322 e. The molecule has 7 nitrogen and oxygen atoms in total. The number of aromatic nitrogens is 1. The highest BCUT2D eigenvalue weighted by molar-refractivity contribution is 6.04. The van der Waals surface area contributed by atoms with Crippen LogP contribution in [0.3, 0.4) is 0 Å². The number of allylic oxidation sites excluding steroid dienone is 1. The van der Waals surface area contributed by atoms with Crippen molar-refractivity contribution >= 4 is 12.0 Å². The Morgan fingerprint density at radius 2 is 2.29 bits per heavy atom. The SMILES string of the molecule is Cc1ncc(COO)c(CN=C2C[C@@H](C=[O+][O-])CC2=C(F)F)c1O. The van der Waals surface area contributed by atoms with Crippen LogP contribution in [0.25, 0.3) is 0 Å². The predicted molar refractivity (Wildman–Crippen MR) is 77.2 cm³/mol. The fourth-order valence-electron chi connectivity index (χ4n) is 2.57. The number of carbonyl (C=O) groups excluding carboxylic acids is 1. The monoisotopic (exact) mass is 342 g/mol. The molecule has 2 rings (SSSR count). The average molecular weight is 342 g/mol. The zero-order valence-corrected chi connectivity index (χ0v) is 12.8. The lowest BCUT2D eigenvalue weighted by Crippen LogP contribution is -2.05. The minimum Gasteiger partial charge on any atom is -0.506 e. The van der Waals surface area contributed by atoms with Crippen LogP contribution in [0.2, 0.25) is 0 Å². The molecule has 1 atom stereocenters. The minimum atomic E-state index is -1.86. The summed E-state index contributed by atoms with van der Waals surface area (Å²) >= 11 is 0. The first kappa shape index (κ1) is 18.0. The van der Waals surface area contributed by atoms with Crippen molar-refractivity contribution in [2.75, 3.05) is 0 Å². The number of pyridine rings is 1. The summed E-state index contributed by atoms with van der Waals surface area (Å²) in [5, 5.41) is 28.9. The predicted octanol–water partition coefficient (Wildman–Crippen LogP) is 1.60. The minimum absolute atomic E-state index is 0.0304. The molecule has 0 aromatic carbocycles. The molecule has 1 fully saturated rings. The van der Waals surface area contributed by atoms with Crippen LogP contribution in [0.15, 0.2) is 22.8 Å². The topological polar surface area (TPSA) is 109 Å². The summed E-state index contributed by atoms with van der Waals surface area (Å²) in [6.45, 7) is 1.26. The third-order valence-corrected chi connectivity index (χ3v) is 3.82. The van der Waals surface area contributed by atoms with Crippen molar-refractivity contribution in [2.24, 2.45) is 10.9 Å². The lowest BCUT2D eigenvalue weighted by Gasteiger charge is -2.10. The molecule has 1 aliphatic rings. The number of aldehydes is 1. The number of aryl methyl sites for hydroxylation is 1. The Labute approximate surface area is 136 Å². The van der Waals surface area contributed by atoms with E-state index in [2.05, 4.69) is 19.4 Å². The molecule has 1 saturated carbocycles. The molecular formula is C15H16F2N2O5. The van der Waals surface area contributed by atoms with E-state index in [1.54, 1.807) is 6.92 Å². The van der Waals surface area contributed by atoms with Crippen LogP contribution >= 0.6 is 0 Å². The van der Waals surface area contributed by atoms with Gasteiger partial charge in [-0.3, -0.25) is 15.2 Å². The van der Waals surface area contributed by atoms with Crippen molar-refractivity contribution < 1.29 is 33.9 Å². The molecule has 1 aromatic heterocycles. The second kappa shape index (κ2) is 7.93. The van der Waals surface area contributed by atoms with Gasteiger partial charge < -0.3 is 10.4 Å². The molecule has 0 spiro atoms. The molecular weight excluding hydrogens is 326 g/mol. The maximum atomic E-state index is 13.0. The highest BCUT2D eigenvalue weighted by Gasteiger charge is 2.31. The van der Waals surface area contributed by atoms with Crippen LogP contribution in [0.1, 0.15) is 29.7 Å². The van der Waals surface area contributed by atoms with Crippen molar-refractivity contribution in [1.82, 2.24) is 4.98 Å². The molecule has 130 valence electrons. The Balaban J connectivity index is 2.33. The first-order chi connectivity index (χ1) is 11.5. The zero-order valence-electron chi connectivity index (χ0n) is 12.8. The summed E-state index contributed by atoms with van der Waals surface area (Å²) in [7, 11) is 0. The summed E-state index contributed by atoms with van der Waals surface area (Å²) in [6.07, 6.45) is 0.627. The highest BCUT2D eigenvalue weighted by atomic mass is 19.3. The van der Waals surface area contributed by atoms with E-state index in [0.717, 1.165) is 6.29 Å². The van der Waals surface area contributed by atoms with Crippen molar-refractivity contribution in [1.29, 1.82) is 0 Å². The Morgan fingerprint density at radius 3 is 2.92 bits per heavy atom. The first-order valence-electron chi connectivity index (χ1n) is 7.10. The molecule has 2 N–H and O–H groups in total. The van der Waals surface area contributed by atoms with Gasteiger partial charge in [0.1, 0.15) is 12.4 Å². The fraction of sp³-hybridized carbons (Fsp3) is 0.400. The number of halogens is 2. The van der Waals surface area contributed by atoms with E-state index < -0.39 is 12.0 Å². The van der Waals surface area contributed by atoms with E-state index in [1.807, 2.05) is 0 Å². The van der Waals surface area contributed by atoms with Gasteiger partial charge >= 0.3 is 6.29 Å². The van der Waals surface area contributed by atoms with Crippen molar-refractivity contribution in [3.8, 4) is 5.75 Å². The summed E-state index contributed by atoms with van der Waals surface area (Å²) in [6, 6.07) is 0. The standard InChI is InChI=1S/C15H16F2N2O5/c1-8-14(20)12(10(4-18-8)7-24-22)5-19-13-3-9(6-23-21)2-11(13)15(16)17/h4,6,9,20,22H,2-3,5,7H2,1H3/t9-/m0/s1. The number of nitrogens with zero attached hydrogens (tertiary/aromatic N) is 2. The van der Waals surface area contributed by atoms with Crippen molar-refractivity contribution in [3.63, 3.8) is 0 Å². The Hall–Kier alpha value is -2.39. The second-order valence-corrected chi connectivity index (χ2v) is 5.37. The van der Waals surface area contributed by atoms with Crippen LogP contribution in [0.4, 0.5) is 8.78 Å². The van der Waals surface area contributed by atoms with Crippen LogP contribution in [-0.4, -0.2) is 27.3 Å². The lowest BCUT2D eigenvalue weighted by molar-refractivity contribution is -1.04. The van der Waals surface area contributed by atoms with E-state index >= 15 is 0 Å². The van der Waals surface area contributed by atoms with Gasteiger partial charge in [-0.25, -0.2) is 4.89 Å². The maximum absolute atomic E-state index is 13.0. The lowest BCUT2D eigenvalue weighted by atomic mass is 10.1. The molecule has 0 bridgehead atoms. The molecule has 0 unspecified atom stereocenters. The second-order valence-electron chi connectivity index (χ2n) is 5.37. The number of aromatic hydroxyl groups is 1. The molecule has 0 saturated heterocycles. The molecule has 1 heterocycles. The van der Waals surface area contributed by atoms with Gasteiger partial charge in [0, 0.05) is 35.0 Å². The van der Waals surface area contributed by atoms with Gasteiger partial charge in [0.25, 0.3) is 6.08 Å². The van der Waals surface area contributed by atoms with Gasteiger partial charge in [0.2, 0.25) is 0 Å². The third kappa shape index (κ3) is 3.92. The fourth-order valence-corrected chi connectivity index (χ4v) is 2.57.